The molecule has 0 saturated carbocycles. The van der Waals surface area contributed by atoms with Gasteiger partial charge in [-0.2, -0.15) is 0 Å². The molecule has 0 aliphatic rings. The number of nitrogens with zero attached hydrogens (tertiary/aromatic N) is 2. The van der Waals surface area contributed by atoms with E-state index in [0.717, 1.165) is 23.0 Å². The standard InChI is InChI=1S/C18H16F2N4O/c19-12-7-8-16(14(20)10-12)24-17(25)6-3-9-21-18-13-4-1-2-5-15(13)22-11-23-18/h1-2,4-5,7-8,10-11H,3,6,9H2,(H,24,25)(H,21,22,23). The maximum atomic E-state index is 13.5. The van der Waals surface area contributed by atoms with Crippen LogP contribution < -0.4 is 10.6 Å². The number of hydrogen-bond donors (Lipinski definition) is 2. The fraction of sp³-hybridized carbons (Fsp3) is 0.167. The van der Waals surface area contributed by atoms with Gasteiger partial charge >= 0.3 is 0 Å². The van der Waals surface area contributed by atoms with Gasteiger partial charge in [-0.25, -0.2) is 18.7 Å². The predicted octanol–water partition coefficient (Wildman–Crippen LogP) is 3.74. The lowest BCUT2D eigenvalue weighted by molar-refractivity contribution is -0.116. The Hall–Kier alpha value is -3.09. The van der Waals surface area contributed by atoms with E-state index in [9.17, 15) is 13.6 Å². The first-order chi connectivity index (χ1) is 12.1. The van der Waals surface area contributed by atoms with Crippen LogP contribution in [0, 0.1) is 11.6 Å². The number of fused-ring (bicyclic) bond motifs is 1. The highest BCUT2D eigenvalue weighted by molar-refractivity contribution is 5.91. The summed E-state index contributed by atoms with van der Waals surface area (Å²) >= 11 is 0. The zero-order chi connectivity index (χ0) is 17.6. The van der Waals surface area contributed by atoms with Crippen molar-refractivity contribution >= 4 is 28.3 Å². The number of rotatable bonds is 6. The molecule has 0 saturated heterocycles. The van der Waals surface area contributed by atoms with Gasteiger partial charge < -0.3 is 10.6 Å². The molecular formula is C18H16F2N4O. The SMILES string of the molecule is O=C(CCCNc1ncnc2ccccc12)Nc1ccc(F)cc1F. The molecular weight excluding hydrogens is 326 g/mol. The van der Waals surface area contributed by atoms with Crippen molar-refractivity contribution in [2.75, 3.05) is 17.2 Å². The minimum Gasteiger partial charge on any atom is -0.369 e. The van der Waals surface area contributed by atoms with Gasteiger partial charge in [0.1, 0.15) is 23.8 Å². The summed E-state index contributed by atoms with van der Waals surface area (Å²) in [6, 6.07) is 10.7. The summed E-state index contributed by atoms with van der Waals surface area (Å²) < 4.78 is 26.3. The first-order valence-electron chi connectivity index (χ1n) is 7.82. The molecule has 0 aliphatic carbocycles. The Bertz CT molecular complexity index is 896. The van der Waals surface area contributed by atoms with Crippen LogP contribution >= 0.6 is 0 Å². The van der Waals surface area contributed by atoms with E-state index in [-0.39, 0.29) is 18.0 Å². The van der Waals surface area contributed by atoms with Crippen LogP contribution in [0.3, 0.4) is 0 Å². The third-order valence-electron chi connectivity index (χ3n) is 3.62. The van der Waals surface area contributed by atoms with E-state index in [2.05, 4.69) is 20.6 Å². The highest BCUT2D eigenvalue weighted by Gasteiger charge is 2.08. The highest BCUT2D eigenvalue weighted by atomic mass is 19.1. The Morgan fingerprint density at radius 1 is 1.08 bits per heavy atom. The zero-order valence-electron chi connectivity index (χ0n) is 13.3. The number of amides is 1. The Labute approximate surface area is 143 Å². The van der Waals surface area contributed by atoms with Crippen LogP contribution in [0.25, 0.3) is 10.9 Å². The summed E-state index contributed by atoms with van der Waals surface area (Å²) in [4.78, 5) is 20.2. The van der Waals surface area contributed by atoms with Crippen LogP contribution in [-0.4, -0.2) is 22.4 Å². The average Bonchev–Trinajstić information content (AvgIpc) is 2.61. The van der Waals surface area contributed by atoms with Gasteiger partial charge in [-0.15, -0.1) is 0 Å². The molecule has 1 amide bonds. The summed E-state index contributed by atoms with van der Waals surface area (Å²) in [6.45, 7) is 0.528. The molecule has 0 bridgehead atoms. The van der Waals surface area contributed by atoms with Crippen molar-refractivity contribution in [2.24, 2.45) is 0 Å². The van der Waals surface area contributed by atoms with Crippen molar-refractivity contribution < 1.29 is 13.6 Å². The van der Waals surface area contributed by atoms with Crippen LogP contribution in [0.1, 0.15) is 12.8 Å². The zero-order valence-corrected chi connectivity index (χ0v) is 13.3. The van der Waals surface area contributed by atoms with E-state index in [1.807, 2.05) is 24.3 Å². The molecule has 3 rings (SSSR count). The van der Waals surface area contributed by atoms with Gasteiger partial charge in [0.25, 0.3) is 0 Å². The number of hydrogen-bond acceptors (Lipinski definition) is 4. The number of carbonyl (C=O) groups excluding carboxylic acids is 1. The third-order valence-corrected chi connectivity index (χ3v) is 3.62. The van der Waals surface area contributed by atoms with Gasteiger partial charge in [-0.05, 0) is 30.7 Å². The van der Waals surface area contributed by atoms with Crippen molar-refractivity contribution in [1.29, 1.82) is 0 Å². The second-order valence-corrected chi connectivity index (χ2v) is 5.44. The molecule has 1 heterocycles. The monoisotopic (exact) mass is 342 g/mol. The minimum atomic E-state index is -0.793. The van der Waals surface area contributed by atoms with Gasteiger partial charge in [0.2, 0.25) is 5.91 Å². The molecule has 3 aromatic rings. The maximum absolute atomic E-state index is 13.5. The first kappa shape index (κ1) is 16.8. The van der Waals surface area contributed by atoms with Crippen LogP contribution in [-0.2, 0) is 4.79 Å². The second-order valence-electron chi connectivity index (χ2n) is 5.44. The number of para-hydroxylation sites is 1. The fourth-order valence-corrected chi connectivity index (χ4v) is 2.40. The van der Waals surface area contributed by atoms with Crippen molar-refractivity contribution in [2.45, 2.75) is 12.8 Å². The molecule has 0 radical (unpaired) electrons. The van der Waals surface area contributed by atoms with Gasteiger partial charge in [0.05, 0.1) is 11.2 Å². The number of carbonyl (C=O) groups is 1. The minimum absolute atomic E-state index is 0.0267. The number of anilines is 2. The van der Waals surface area contributed by atoms with Gasteiger partial charge in [0.15, 0.2) is 0 Å². The Morgan fingerprint density at radius 2 is 1.92 bits per heavy atom. The lowest BCUT2D eigenvalue weighted by Crippen LogP contribution is -2.14. The smallest absolute Gasteiger partial charge is 0.224 e. The molecule has 0 unspecified atom stereocenters. The quantitative estimate of drug-likeness (QED) is 0.670. The topological polar surface area (TPSA) is 66.9 Å². The summed E-state index contributed by atoms with van der Waals surface area (Å²) in [5.41, 5.74) is 0.811. The largest absolute Gasteiger partial charge is 0.369 e. The van der Waals surface area contributed by atoms with E-state index in [4.69, 9.17) is 0 Å². The Morgan fingerprint density at radius 3 is 2.76 bits per heavy atom. The molecule has 1 aromatic heterocycles. The summed E-state index contributed by atoms with van der Waals surface area (Å²) in [5, 5.41) is 6.51. The Balaban J connectivity index is 1.50. The van der Waals surface area contributed by atoms with Crippen molar-refractivity contribution in [3.63, 3.8) is 0 Å². The summed E-state index contributed by atoms with van der Waals surface area (Å²) in [7, 11) is 0. The number of halogens is 2. The molecule has 128 valence electrons. The number of aromatic nitrogens is 2. The maximum Gasteiger partial charge on any atom is 0.224 e. The molecule has 0 spiro atoms. The highest BCUT2D eigenvalue weighted by Crippen LogP contribution is 2.18. The van der Waals surface area contributed by atoms with Crippen LogP contribution in [0.4, 0.5) is 20.3 Å². The van der Waals surface area contributed by atoms with Gasteiger partial charge in [-0.1, -0.05) is 12.1 Å². The van der Waals surface area contributed by atoms with Crippen LogP contribution in [0.2, 0.25) is 0 Å². The number of nitrogens with one attached hydrogen (secondary N) is 2. The van der Waals surface area contributed by atoms with E-state index < -0.39 is 11.6 Å². The van der Waals surface area contributed by atoms with E-state index in [1.54, 1.807) is 0 Å². The molecule has 0 aliphatic heterocycles. The van der Waals surface area contributed by atoms with Gasteiger partial charge in [0, 0.05) is 24.4 Å². The Kier molecular flexibility index (Phi) is 5.13. The fourth-order valence-electron chi connectivity index (χ4n) is 2.40. The van der Waals surface area contributed by atoms with E-state index >= 15 is 0 Å². The lowest BCUT2D eigenvalue weighted by atomic mass is 10.2. The predicted molar refractivity (Wildman–Crippen MR) is 92.2 cm³/mol. The molecule has 2 N–H and O–H groups in total. The van der Waals surface area contributed by atoms with Gasteiger partial charge in [-0.3, -0.25) is 4.79 Å². The van der Waals surface area contributed by atoms with Crippen molar-refractivity contribution in [3.05, 3.63) is 60.4 Å². The third kappa shape index (κ3) is 4.26. The second kappa shape index (κ2) is 7.65. The summed E-state index contributed by atoms with van der Waals surface area (Å²) in [6.07, 6.45) is 2.22. The molecule has 7 heteroatoms. The van der Waals surface area contributed by atoms with Crippen molar-refractivity contribution in [1.82, 2.24) is 9.97 Å². The van der Waals surface area contributed by atoms with E-state index in [1.165, 1.54) is 12.4 Å². The molecule has 0 atom stereocenters. The summed E-state index contributed by atoms with van der Waals surface area (Å²) in [5.74, 6) is -1.11. The van der Waals surface area contributed by atoms with E-state index in [0.29, 0.717) is 18.8 Å². The first-order valence-corrected chi connectivity index (χ1v) is 7.82. The molecule has 2 aromatic carbocycles. The van der Waals surface area contributed by atoms with Crippen LogP contribution in [0.15, 0.2) is 48.8 Å². The molecule has 0 fully saturated rings. The van der Waals surface area contributed by atoms with Crippen molar-refractivity contribution in [3.8, 4) is 0 Å². The average molecular weight is 342 g/mol. The van der Waals surface area contributed by atoms with Crippen LogP contribution in [0.5, 0.6) is 0 Å². The lowest BCUT2D eigenvalue weighted by Gasteiger charge is -2.09. The normalized spacial score (nSPS) is 10.6. The molecule has 5 nitrogen and oxygen atoms in total. The number of benzene rings is 2. The molecule has 25 heavy (non-hydrogen) atoms.